The second-order valence-electron chi connectivity index (χ2n) is 12.6. The first-order valence-corrected chi connectivity index (χ1v) is 16.2. The molecule has 3 N–H and O–H groups in total. The van der Waals surface area contributed by atoms with Gasteiger partial charge in [-0.05, 0) is 66.6 Å². The number of nitrogens with zero attached hydrogens (tertiary/aromatic N) is 2. The van der Waals surface area contributed by atoms with E-state index in [2.05, 4.69) is 22.5 Å². The number of nitrogens with one attached hydrogen (secondary N) is 2. The number of aromatic carboxylic acids is 1. The second-order valence-corrected chi connectivity index (χ2v) is 12.6. The Labute approximate surface area is 286 Å². The first-order valence-electron chi connectivity index (χ1n) is 16.2. The summed E-state index contributed by atoms with van der Waals surface area (Å²) in [6.45, 7) is 4.30. The first-order chi connectivity index (χ1) is 23.4. The fraction of sp³-hybridized carbons (Fsp3) is 0.250. The molecule has 3 aromatic carbocycles. The predicted octanol–water partition coefficient (Wildman–Crippen LogP) is 6.16. The van der Waals surface area contributed by atoms with Gasteiger partial charge in [-0.1, -0.05) is 31.8 Å². The van der Waals surface area contributed by atoms with Crippen molar-refractivity contribution in [2.24, 2.45) is 5.92 Å². The Kier molecular flexibility index (Phi) is 10.5. The van der Waals surface area contributed by atoms with Gasteiger partial charge in [0, 0.05) is 84.1 Å². The lowest BCUT2D eigenvalue weighted by Gasteiger charge is -2.19. The van der Waals surface area contributed by atoms with Crippen LogP contribution in [0.3, 0.4) is 0 Å². The Morgan fingerprint density at radius 1 is 0.918 bits per heavy atom. The molecule has 3 aromatic rings. The monoisotopic (exact) mass is 657 g/mol. The highest BCUT2D eigenvalue weighted by atomic mass is 16.4. The van der Waals surface area contributed by atoms with Crippen molar-refractivity contribution in [2.75, 3.05) is 45.0 Å². The second kappa shape index (κ2) is 14.9. The number of carboxylic acids is 1. The lowest BCUT2D eigenvalue weighted by molar-refractivity contribution is -0.116. The number of hydrogen-bond donors (Lipinski definition) is 3. The molecule has 1 aliphatic heterocycles. The SMILES string of the molecule is CC(C)C#Cc1ccc(NC(=O)CCCNC(=O)c2ccc(-c3c4ccc(=[N+](C)C)cc-4oc4cc(N(C)C)ccc34)c(C(=O)O)c2)cc1. The van der Waals surface area contributed by atoms with Crippen LogP contribution < -0.4 is 25.5 Å². The quantitative estimate of drug-likeness (QED) is 0.0758. The van der Waals surface area contributed by atoms with Gasteiger partial charge in [-0.2, -0.15) is 0 Å². The molecule has 0 saturated carbocycles. The van der Waals surface area contributed by atoms with E-state index >= 15 is 0 Å². The Morgan fingerprint density at radius 2 is 1.65 bits per heavy atom. The minimum absolute atomic E-state index is 0.00425. The van der Waals surface area contributed by atoms with E-state index in [-0.39, 0.29) is 35.9 Å². The normalized spacial score (nSPS) is 10.8. The average Bonchev–Trinajstić information content (AvgIpc) is 3.07. The van der Waals surface area contributed by atoms with Crippen molar-refractivity contribution < 1.29 is 23.9 Å². The summed E-state index contributed by atoms with van der Waals surface area (Å²) in [5, 5.41) is 17.7. The van der Waals surface area contributed by atoms with Gasteiger partial charge in [-0.25, -0.2) is 9.37 Å². The third-order valence-corrected chi connectivity index (χ3v) is 8.04. The molecule has 49 heavy (non-hydrogen) atoms. The lowest BCUT2D eigenvalue weighted by atomic mass is 9.89. The van der Waals surface area contributed by atoms with Crippen molar-refractivity contribution in [1.29, 1.82) is 0 Å². The third kappa shape index (κ3) is 8.17. The number of carboxylic acid groups (broad SMARTS) is 1. The molecule has 0 aromatic heterocycles. The Bertz CT molecular complexity index is 2150. The molecule has 5 rings (SSSR count). The molecule has 1 aliphatic carbocycles. The van der Waals surface area contributed by atoms with Crippen LogP contribution in [-0.2, 0) is 4.79 Å². The molecule has 0 atom stereocenters. The first kappa shape index (κ1) is 34.5. The van der Waals surface area contributed by atoms with Crippen LogP contribution in [0.2, 0.25) is 0 Å². The van der Waals surface area contributed by atoms with Gasteiger partial charge in [-0.3, -0.25) is 9.59 Å². The molecule has 1 heterocycles. The number of carbonyl (C=O) groups is 3. The zero-order valence-electron chi connectivity index (χ0n) is 28.7. The number of amides is 2. The summed E-state index contributed by atoms with van der Waals surface area (Å²) in [6, 6.07) is 23.7. The highest BCUT2D eigenvalue weighted by Crippen LogP contribution is 2.42. The molecule has 0 spiro atoms. The van der Waals surface area contributed by atoms with Gasteiger partial charge in [0.1, 0.15) is 25.4 Å². The number of fused-ring (bicyclic) bond motifs is 2. The maximum atomic E-state index is 13.1. The molecular formula is C40H41N4O5+. The summed E-state index contributed by atoms with van der Waals surface area (Å²) < 4.78 is 8.35. The van der Waals surface area contributed by atoms with E-state index in [1.54, 1.807) is 12.1 Å². The average molecular weight is 658 g/mol. The molecule has 0 saturated heterocycles. The molecule has 0 unspecified atom stereocenters. The zero-order valence-corrected chi connectivity index (χ0v) is 28.7. The van der Waals surface area contributed by atoms with Crippen molar-refractivity contribution in [2.45, 2.75) is 26.7 Å². The minimum Gasteiger partial charge on any atom is -0.478 e. The third-order valence-electron chi connectivity index (χ3n) is 8.04. The molecular weight excluding hydrogens is 616 g/mol. The molecule has 9 heteroatoms. The van der Waals surface area contributed by atoms with Crippen molar-refractivity contribution in [3.63, 3.8) is 0 Å². The maximum Gasteiger partial charge on any atom is 0.336 e. The van der Waals surface area contributed by atoms with Crippen LogP contribution in [-0.4, -0.2) is 57.6 Å². The number of hydrogen-bond acceptors (Lipinski definition) is 5. The predicted molar refractivity (Wildman–Crippen MR) is 195 cm³/mol. The molecule has 2 aliphatic rings. The van der Waals surface area contributed by atoms with Gasteiger partial charge in [0.25, 0.3) is 5.91 Å². The fourth-order valence-corrected chi connectivity index (χ4v) is 5.44. The molecule has 250 valence electrons. The van der Waals surface area contributed by atoms with Crippen molar-refractivity contribution in [3.8, 4) is 34.3 Å². The fourth-order valence-electron chi connectivity index (χ4n) is 5.44. The summed E-state index contributed by atoms with van der Waals surface area (Å²) in [5.41, 5.74) is 5.25. The van der Waals surface area contributed by atoms with Gasteiger partial charge >= 0.3 is 5.97 Å². The van der Waals surface area contributed by atoms with Crippen molar-refractivity contribution >= 4 is 40.1 Å². The topological polar surface area (TPSA) is 115 Å². The minimum atomic E-state index is -1.15. The summed E-state index contributed by atoms with van der Waals surface area (Å²) >= 11 is 0. The van der Waals surface area contributed by atoms with Crippen molar-refractivity contribution in [1.82, 2.24) is 9.89 Å². The Hall–Kier alpha value is -5.88. The lowest BCUT2D eigenvalue weighted by Crippen LogP contribution is -2.25. The highest BCUT2D eigenvalue weighted by Gasteiger charge is 2.23. The van der Waals surface area contributed by atoms with Crippen LogP contribution in [0, 0.1) is 17.8 Å². The number of rotatable bonds is 9. The van der Waals surface area contributed by atoms with Crippen LogP contribution in [0.5, 0.6) is 0 Å². The summed E-state index contributed by atoms with van der Waals surface area (Å²) in [4.78, 5) is 40.2. The summed E-state index contributed by atoms with van der Waals surface area (Å²) in [5.74, 6) is 5.35. The smallest absolute Gasteiger partial charge is 0.336 e. The largest absolute Gasteiger partial charge is 0.478 e. The zero-order chi connectivity index (χ0) is 35.2. The number of anilines is 2. The number of carbonyl (C=O) groups excluding carboxylic acids is 2. The molecule has 2 amide bonds. The van der Waals surface area contributed by atoms with Crippen LogP contribution in [0.25, 0.3) is 33.4 Å². The van der Waals surface area contributed by atoms with Gasteiger partial charge in [0.2, 0.25) is 11.3 Å². The molecule has 0 bridgehead atoms. The van der Waals surface area contributed by atoms with Crippen LogP contribution in [0.4, 0.5) is 11.4 Å². The summed E-state index contributed by atoms with van der Waals surface area (Å²) in [7, 11) is 7.77. The number of benzene rings is 4. The van der Waals surface area contributed by atoms with E-state index in [9.17, 15) is 19.5 Å². The molecule has 9 nitrogen and oxygen atoms in total. The van der Waals surface area contributed by atoms with Gasteiger partial charge in [-0.15, -0.1) is 0 Å². The van der Waals surface area contributed by atoms with Crippen LogP contribution >= 0.6 is 0 Å². The van der Waals surface area contributed by atoms with Crippen LogP contribution in [0.15, 0.2) is 83.3 Å². The van der Waals surface area contributed by atoms with E-state index < -0.39 is 11.9 Å². The highest BCUT2D eigenvalue weighted by molar-refractivity contribution is 6.09. The van der Waals surface area contributed by atoms with E-state index in [1.807, 2.05) is 112 Å². The van der Waals surface area contributed by atoms with Gasteiger partial charge < -0.3 is 25.1 Å². The van der Waals surface area contributed by atoms with Gasteiger partial charge in [0.15, 0.2) is 0 Å². The van der Waals surface area contributed by atoms with E-state index in [0.29, 0.717) is 34.6 Å². The molecule has 0 radical (unpaired) electrons. The van der Waals surface area contributed by atoms with E-state index in [1.165, 1.54) is 6.07 Å². The standard InChI is InChI=1S/C40H40N4O5/c1-25(2)9-10-26-11-14-28(15-12-26)42-37(45)8-7-21-41-39(46)27-13-18-31(34(22-27)40(47)48)38-32-19-16-29(43(3)4)23-35(32)49-36-24-30(44(5)6)17-20-33(36)38/h11-20,22-25H,7-8,21H2,1-6H3,(H2-,41,42,45,46,47,48)/p+1. The van der Waals surface area contributed by atoms with Crippen molar-refractivity contribution in [3.05, 3.63) is 101 Å². The van der Waals surface area contributed by atoms with E-state index in [0.717, 1.165) is 27.6 Å². The summed E-state index contributed by atoms with van der Waals surface area (Å²) in [6.07, 6.45) is 0.619. The maximum absolute atomic E-state index is 13.1. The Balaban J connectivity index is 1.34. The van der Waals surface area contributed by atoms with Gasteiger partial charge in [0.05, 0.1) is 11.6 Å². The van der Waals surface area contributed by atoms with E-state index in [4.69, 9.17) is 4.42 Å². The van der Waals surface area contributed by atoms with Crippen LogP contribution in [0.1, 0.15) is 53.0 Å². The Morgan fingerprint density at radius 3 is 2.33 bits per heavy atom. The molecule has 0 fully saturated rings.